The largest absolute Gasteiger partial charge is 0.493 e. The van der Waals surface area contributed by atoms with E-state index in [2.05, 4.69) is 44.6 Å². The number of ether oxygens (including phenoxy) is 2. The molecule has 0 aliphatic carbocycles. The van der Waals surface area contributed by atoms with Crippen LogP contribution in [0.3, 0.4) is 0 Å². The van der Waals surface area contributed by atoms with Crippen molar-refractivity contribution in [2.45, 2.75) is 12.5 Å². The summed E-state index contributed by atoms with van der Waals surface area (Å²) in [6.07, 6.45) is 3.40. The zero-order valence-corrected chi connectivity index (χ0v) is 14.6. The summed E-state index contributed by atoms with van der Waals surface area (Å²) in [4.78, 5) is 16.0. The number of hydrogen-bond donors (Lipinski definition) is 1. The SMILES string of the molecule is C=CCOc1c(I)cc([C@@H]2CC(=O)Nc3ncnn32)cc1OC. The van der Waals surface area contributed by atoms with Gasteiger partial charge in [0.1, 0.15) is 12.9 Å². The van der Waals surface area contributed by atoms with Gasteiger partial charge in [-0.3, -0.25) is 10.1 Å². The Kier molecular flexibility index (Phi) is 4.51. The Labute approximate surface area is 146 Å². The van der Waals surface area contributed by atoms with Gasteiger partial charge in [-0.25, -0.2) is 4.68 Å². The third kappa shape index (κ3) is 3.03. The van der Waals surface area contributed by atoms with Crippen molar-refractivity contribution in [2.24, 2.45) is 0 Å². The van der Waals surface area contributed by atoms with Crippen molar-refractivity contribution in [3.8, 4) is 11.5 Å². The van der Waals surface area contributed by atoms with E-state index in [0.717, 1.165) is 9.13 Å². The number of carbonyl (C=O) groups is 1. The molecule has 0 bridgehead atoms. The number of anilines is 1. The van der Waals surface area contributed by atoms with Crippen LogP contribution in [0.5, 0.6) is 11.5 Å². The summed E-state index contributed by atoms with van der Waals surface area (Å²) in [7, 11) is 1.59. The van der Waals surface area contributed by atoms with Crippen LogP contribution in [0.2, 0.25) is 0 Å². The third-order valence-corrected chi connectivity index (χ3v) is 4.28. The maximum Gasteiger partial charge on any atom is 0.229 e. The molecular formula is C15H15IN4O3. The van der Waals surface area contributed by atoms with Gasteiger partial charge >= 0.3 is 0 Å². The fourth-order valence-corrected chi connectivity index (χ4v) is 3.26. The van der Waals surface area contributed by atoms with Gasteiger partial charge in [0.2, 0.25) is 11.9 Å². The zero-order chi connectivity index (χ0) is 16.4. The second-order valence-electron chi connectivity index (χ2n) is 4.93. The molecule has 120 valence electrons. The summed E-state index contributed by atoms with van der Waals surface area (Å²) < 4.78 is 13.7. The van der Waals surface area contributed by atoms with Gasteiger partial charge in [0, 0.05) is 0 Å². The van der Waals surface area contributed by atoms with Crippen LogP contribution in [0.15, 0.2) is 31.1 Å². The number of nitrogens with zero attached hydrogens (tertiary/aromatic N) is 3. The van der Waals surface area contributed by atoms with E-state index in [9.17, 15) is 4.79 Å². The van der Waals surface area contributed by atoms with E-state index in [-0.39, 0.29) is 11.9 Å². The first kappa shape index (κ1) is 15.8. The van der Waals surface area contributed by atoms with Crippen LogP contribution in [-0.2, 0) is 4.79 Å². The monoisotopic (exact) mass is 426 g/mol. The molecule has 0 fully saturated rings. The molecule has 23 heavy (non-hydrogen) atoms. The maximum absolute atomic E-state index is 11.9. The minimum atomic E-state index is -0.225. The van der Waals surface area contributed by atoms with Crippen molar-refractivity contribution in [2.75, 3.05) is 19.0 Å². The topological polar surface area (TPSA) is 78.3 Å². The standard InChI is InChI=1S/C15H15IN4O3/c1-3-4-23-14-10(16)5-9(6-12(14)22-2)11-7-13(21)19-15-17-8-18-20(11)15/h3,5-6,8,11H,1,4,7H2,2H3,(H,17,18,19,21)/t11-/m0/s1. The lowest BCUT2D eigenvalue weighted by atomic mass is 10.0. The maximum atomic E-state index is 11.9. The Morgan fingerprint density at radius 3 is 3.13 bits per heavy atom. The Morgan fingerprint density at radius 1 is 1.57 bits per heavy atom. The van der Waals surface area contributed by atoms with Gasteiger partial charge in [0.25, 0.3) is 0 Å². The molecule has 0 spiro atoms. The smallest absolute Gasteiger partial charge is 0.229 e. The first-order chi connectivity index (χ1) is 11.1. The number of methoxy groups -OCH3 is 1. The molecule has 1 aromatic carbocycles. The van der Waals surface area contributed by atoms with Gasteiger partial charge in [0.05, 0.1) is 23.1 Å². The van der Waals surface area contributed by atoms with E-state index in [1.165, 1.54) is 6.33 Å². The number of carbonyl (C=O) groups excluding carboxylic acids is 1. The molecule has 0 saturated heterocycles. The van der Waals surface area contributed by atoms with Gasteiger partial charge in [-0.1, -0.05) is 12.7 Å². The molecule has 1 aliphatic heterocycles. The van der Waals surface area contributed by atoms with Crippen LogP contribution in [0, 0.1) is 3.57 Å². The van der Waals surface area contributed by atoms with Crippen molar-refractivity contribution in [1.82, 2.24) is 14.8 Å². The van der Waals surface area contributed by atoms with E-state index in [4.69, 9.17) is 9.47 Å². The Morgan fingerprint density at radius 2 is 2.39 bits per heavy atom. The van der Waals surface area contributed by atoms with E-state index >= 15 is 0 Å². The number of hydrogen-bond acceptors (Lipinski definition) is 5. The molecule has 8 heteroatoms. The summed E-state index contributed by atoms with van der Waals surface area (Å²) in [6, 6.07) is 3.61. The normalized spacial score (nSPS) is 16.4. The summed E-state index contributed by atoms with van der Waals surface area (Å²) in [5.74, 6) is 1.64. The fourth-order valence-electron chi connectivity index (χ4n) is 2.48. The first-order valence-corrected chi connectivity index (χ1v) is 8.02. The van der Waals surface area contributed by atoms with Crippen molar-refractivity contribution in [1.29, 1.82) is 0 Å². The van der Waals surface area contributed by atoms with E-state index in [0.29, 0.717) is 30.5 Å². The van der Waals surface area contributed by atoms with Crippen LogP contribution in [0.1, 0.15) is 18.0 Å². The fraction of sp³-hybridized carbons (Fsp3) is 0.267. The van der Waals surface area contributed by atoms with Crippen LogP contribution >= 0.6 is 22.6 Å². The van der Waals surface area contributed by atoms with Gasteiger partial charge in [-0.15, -0.1) is 0 Å². The highest BCUT2D eigenvalue weighted by Gasteiger charge is 2.29. The van der Waals surface area contributed by atoms with Crippen molar-refractivity contribution < 1.29 is 14.3 Å². The van der Waals surface area contributed by atoms with Crippen molar-refractivity contribution in [3.63, 3.8) is 0 Å². The number of rotatable bonds is 5. The van der Waals surface area contributed by atoms with Gasteiger partial charge in [-0.2, -0.15) is 10.1 Å². The highest BCUT2D eigenvalue weighted by atomic mass is 127. The summed E-state index contributed by atoms with van der Waals surface area (Å²) >= 11 is 2.19. The Bertz CT molecular complexity index is 759. The Balaban J connectivity index is 2.03. The molecule has 1 atom stereocenters. The van der Waals surface area contributed by atoms with Crippen LogP contribution in [0.25, 0.3) is 0 Å². The lowest BCUT2D eigenvalue weighted by molar-refractivity contribution is -0.117. The molecule has 1 aromatic heterocycles. The molecular weight excluding hydrogens is 411 g/mol. The number of nitrogens with one attached hydrogen (secondary N) is 1. The summed E-state index contributed by atoms with van der Waals surface area (Å²) in [6.45, 7) is 4.04. The molecule has 1 aliphatic rings. The van der Waals surface area contributed by atoms with Crippen LogP contribution in [0.4, 0.5) is 5.95 Å². The summed E-state index contributed by atoms with van der Waals surface area (Å²) in [5.41, 5.74) is 0.916. The summed E-state index contributed by atoms with van der Waals surface area (Å²) in [5, 5.41) is 6.91. The van der Waals surface area contributed by atoms with E-state index < -0.39 is 0 Å². The quantitative estimate of drug-likeness (QED) is 0.587. The average molecular weight is 426 g/mol. The molecule has 0 unspecified atom stereocenters. The highest BCUT2D eigenvalue weighted by molar-refractivity contribution is 14.1. The van der Waals surface area contributed by atoms with Crippen molar-refractivity contribution in [3.05, 3.63) is 40.2 Å². The number of halogens is 1. The molecule has 1 N–H and O–H groups in total. The molecule has 2 heterocycles. The molecule has 7 nitrogen and oxygen atoms in total. The second kappa shape index (κ2) is 6.57. The number of fused-ring (bicyclic) bond motifs is 1. The lowest BCUT2D eigenvalue weighted by Gasteiger charge is -2.24. The third-order valence-electron chi connectivity index (χ3n) is 3.48. The van der Waals surface area contributed by atoms with Gasteiger partial charge < -0.3 is 9.47 Å². The average Bonchev–Trinajstić information content (AvgIpc) is 3.00. The molecule has 0 radical (unpaired) electrons. The van der Waals surface area contributed by atoms with Crippen molar-refractivity contribution >= 4 is 34.4 Å². The van der Waals surface area contributed by atoms with Crippen LogP contribution in [-0.4, -0.2) is 34.4 Å². The molecule has 2 aromatic rings. The lowest BCUT2D eigenvalue weighted by Crippen LogP contribution is -2.29. The predicted molar refractivity (Wildman–Crippen MR) is 92.8 cm³/mol. The molecule has 1 amide bonds. The second-order valence-corrected chi connectivity index (χ2v) is 6.09. The molecule has 3 rings (SSSR count). The minimum Gasteiger partial charge on any atom is -0.493 e. The molecule has 0 saturated carbocycles. The van der Waals surface area contributed by atoms with Crippen LogP contribution < -0.4 is 14.8 Å². The first-order valence-electron chi connectivity index (χ1n) is 6.94. The predicted octanol–water partition coefficient (Wildman–Crippen LogP) is 2.39. The number of benzene rings is 1. The van der Waals surface area contributed by atoms with E-state index in [1.807, 2.05) is 12.1 Å². The zero-order valence-electron chi connectivity index (χ0n) is 12.5. The highest BCUT2D eigenvalue weighted by Crippen LogP contribution is 2.38. The van der Waals surface area contributed by atoms with Gasteiger partial charge in [-0.05, 0) is 40.3 Å². The number of amides is 1. The number of aromatic nitrogens is 3. The minimum absolute atomic E-state index is 0.0866. The van der Waals surface area contributed by atoms with Gasteiger partial charge in [0.15, 0.2) is 11.5 Å². The van der Waals surface area contributed by atoms with E-state index in [1.54, 1.807) is 17.9 Å². The Hall–Kier alpha value is -2.10.